The molecule has 0 saturated carbocycles. The van der Waals surface area contributed by atoms with E-state index < -0.39 is 10.0 Å². The van der Waals surface area contributed by atoms with Crippen molar-refractivity contribution in [1.82, 2.24) is 0 Å². The van der Waals surface area contributed by atoms with Gasteiger partial charge in [-0.2, -0.15) is 0 Å². The van der Waals surface area contributed by atoms with Crippen LogP contribution in [0.1, 0.15) is 5.56 Å². The van der Waals surface area contributed by atoms with Crippen molar-refractivity contribution in [3.63, 3.8) is 0 Å². The van der Waals surface area contributed by atoms with Gasteiger partial charge < -0.3 is 9.47 Å². The van der Waals surface area contributed by atoms with Gasteiger partial charge in [0.25, 0.3) is 10.0 Å². The number of benzene rings is 3. The van der Waals surface area contributed by atoms with Crippen molar-refractivity contribution in [2.24, 2.45) is 0 Å². The quantitative estimate of drug-likeness (QED) is 0.636. The van der Waals surface area contributed by atoms with Crippen molar-refractivity contribution in [3.05, 3.63) is 84.4 Å². The van der Waals surface area contributed by atoms with E-state index in [0.29, 0.717) is 23.8 Å². The summed E-state index contributed by atoms with van der Waals surface area (Å²) in [6.07, 6.45) is 0.780. The minimum atomic E-state index is -3.68. The van der Waals surface area contributed by atoms with Gasteiger partial charge in [-0.25, -0.2) is 8.42 Å². The summed E-state index contributed by atoms with van der Waals surface area (Å²) in [5.74, 6) is 1.21. The molecule has 6 heteroatoms. The largest absolute Gasteiger partial charge is 0.497 e. The second-order valence-corrected chi connectivity index (χ2v) is 7.58. The predicted molar refractivity (Wildman–Crippen MR) is 106 cm³/mol. The zero-order chi connectivity index (χ0) is 19.1. The van der Waals surface area contributed by atoms with Crippen LogP contribution in [0.25, 0.3) is 0 Å². The van der Waals surface area contributed by atoms with Crippen LogP contribution in [0.4, 0.5) is 5.69 Å². The van der Waals surface area contributed by atoms with Crippen LogP contribution in [0.2, 0.25) is 0 Å². The Morgan fingerprint density at radius 3 is 2.30 bits per heavy atom. The third kappa shape index (κ3) is 5.24. The van der Waals surface area contributed by atoms with E-state index in [0.717, 1.165) is 6.42 Å². The van der Waals surface area contributed by atoms with Gasteiger partial charge in [-0.15, -0.1) is 0 Å². The zero-order valence-corrected chi connectivity index (χ0v) is 15.8. The molecular formula is C21H21NO4S. The number of nitrogens with one attached hydrogen (secondary N) is 1. The number of ether oxygens (including phenoxy) is 2. The highest BCUT2D eigenvalue weighted by atomic mass is 32.2. The summed E-state index contributed by atoms with van der Waals surface area (Å²) in [7, 11) is -2.15. The first-order valence-corrected chi connectivity index (χ1v) is 9.99. The maximum Gasteiger partial charge on any atom is 0.261 e. The molecule has 3 rings (SSSR count). The van der Waals surface area contributed by atoms with E-state index in [-0.39, 0.29) is 4.90 Å². The smallest absolute Gasteiger partial charge is 0.261 e. The van der Waals surface area contributed by atoms with Crippen molar-refractivity contribution in [2.45, 2.75) is 11.3 Å². The molecule has 0 aliphatic heterocycles. The Bertz CT molecular complexity index is 971. The SMILES string of the molecule is COc1ccc(S(=O)(=O)Nc2cccc(OCCc3ccccc3)c2)cc1. The topological polar surface area (TPSA) is 64.6 Å². The standard InChI is InChI=1S/C21H21NO4S/c1-25-19-10-12-21(13-11-19)27(23,24)22-18-8-5-9-20(16-18)26-15-14-17-6-3-2-4-7-17/h2-13,16,22H,14-15H2,1H3. The lowest BCUT2D eigenvalue weighted by Crippen LogP contribution is -2.13. The lowest BCUT2D eigenvalue weighted by molar-refractivity contribution is 0.322. The lowest BCUT2D eigenvalue weighted by Gasteiger charge is -2.11. The summed E-state index contributed by atoms with van der Waals surface area (Å²) < 4.78 is 38.4. The molecular weight excluding hydrogens is 362 g/mol. The fraction of sp³-hybridized carbons (Fsp3) is 0.143. The molecule has 0 heterocycles. The van der Waals surface area contributed by atoms with Crippen molar-refractivity contribution in [3.8, 4) is 11.5 Å². The summed E-state index contributed by atoms with van der Waals surface area (Å²) in [6, 6.07) is 23.2. The van der Waals surface area contributed by atoms with E-state index in [1.165, 1.54) is 24.8 Å². The van der Waals surface area contributed by atoms with Crippen LogP contribution in [-0.2, 0) is 16.4 Å². The fourth-order valence-electron chi connectivity index (χ4n) is 2.55. The van der Waals surface area contributed by atoms with E-state index >= 15 is 0 Å². The van der Waals surface area contributed by atoms with E-state index in [1.807, 2.05) is 30.3 Å². The normalized spacial score (nSPS) is 11.0. The molecule has 0 fully saturated rings. The first-order chi connectivity index (χ1) is 13.1. The second kappa shape index (κ2) is 8.60. The Kier molecular flexibility index (Phi) is 5.98. The number of rotatable bonds is 8. The maximum absolute atomic E-state index is 12.5. The summed E-state index contributed by atoms with van der Waals surface area (Å²) in [6.45, 7) is 0.513. The van der Waals surface area contributed by atoms with Crippen LogP contribution in [0.5, 0.6) is 11.5 Å². The van der Waals surface area contributed by atoms with E-state index in [9.17, 15) is 8.42 Å². The molecule has 0 spiro atoms. The molecule has 0 aliphatic carbocycles. The fourth-order valence-corrected chi connectivity index (χ4v) is 3.60. The molecule has 0 aromatic heterocycles. The van der Waals surface area contributed by atoms with Crippen LogP contribution >= 0.6 is 0 Å². The molecule has 3 aromatic carbocycles. The van der Waals surface area contributed by atoms with Crippen LogP contribution in [0.15, 0.2) is 83.8 Å². The average Bonchev–Trinajstić information content (AvgIpc) is 2.69. The number of sulfonamides is 1. The van der Waals surface area contributed by atoms with Crippen LogP contribution in [0.3, 0.4) is 0 Å². The molecule has 0 bridgehead atoms. The first-order valence-electron chi connectivity index (χ1n) is 8.50. The molecule has 0 atom stereocenters. The summed E-state index contributed by atoms with van der Waals surface area (Å²) in [5.41, 5.74) is 1.64. The van der Waals surface area contributed by atoms with Crippen LogP contribution in [0, 0.1) is 0 Å². The van der Waals surface area contributed by atoms with E-state index in [2.05, 4.69) is 4.72 Å². The number of hydrogen-bond donors (Lipinski definition) is 1. The third-order valence-electron chi connectivity index (χ3n) is 3.96. The van der Waals surface area contributed by atoms with E-state index in [4.69, 9.17) is 9.47 Å². The van der Waals surface area contributed by atoms with Gasteiger partial charge in [-0.3, -0.25) is 4.72 Å². The predicted octanol–water partition coefficient (Wildman–Crippen LogP) is 4.12. The Hall–Kier alpha value is -2.99. The molecule has 1 N–H and O–H groups in total. The third-order valence-corrected chi connectivity index (χ3v) is 5.36. The Labute approximate surface area is 159 Å². The molecule has 0 aliphatic rings. The van der Waals surface area contributed by atoms with Crippen LogP contribution < -0.4 is 14.2 Å². The Balaban J connectivity index is 1.64. The lowest BCUT2D eigenvalue weighted by atomic mass is 10.2. The molecule has 0 radical (unpaired) electrons. The molecule has 27 heavy (non-hydrogen) atoms. The second-order valence-electron chi connectivity index (χ2n) is 5.89. The summed E-state index contributed by atoms with van der Waals surface area (Å²) in [4.78, 5) is 0.165. The van der Waals surface area contributed by atoms with Gasteiger partial charge in [-0.1, -0.05) is 36.4 Å². The van der Waals surface area contributed by atoms with Gasteiger partial charge in [-0.05, 0) is 42.0 Å². The maximum atomic E-state index is 12.5. The molecule has 0 saturated heterocycles. The summed E-state index contributed by atoms with van der Waals surface area (Å²) >= 11 is 0. The van der Waals surface area contributed by atoms with Gasteiger partial charge in [0.05, 0.1) is 24.3 Å². The minimum absolute atomic E-state index is 0.165. The summed E-state index contributed by atoms with van der Waals surface area (Å²) in [5, 5.41) is 0. The van der Waals surface area contributed by atoms with E-state index in [1.54, 1.807) is 36.4 Å². The molecule has 3 aromatic rings. The number of methoxy groups -OCH3 is 1. The molecule has 5 nitrogen and oxygen atoms in total. The highest BCUT2D eigenvalue weighted by molar-refractivity contribution is 7.92. The van der Waals surface area contributed by atoms with Gasteiger partial charge in [0.15, 0.2) is 0 Å². The minimum Gasteiger partial charge on any atom is -0.497 e. The first kappa shape index (κ1) is 18.8. The number of hydrogen-bond acceptors (Lipinski definition) is 4. The highest BCUT2D eigenvalue weighted by Gasteiger charge is 2.14. The van der Waals surface area contributed by atoms with Crippen molar-refractivity contribution in [2.75, 3.05) is 18.4 Å². The number of anilines is 1. The average molecular weight is 383 g/mol. The highest BCUT2D eigenvalue weighted by Crippen LogP contribution is 2.22. The Morgan fingerprint density at radius 2 is 1.59 bits per heavy atom. The Morgan fingerprint density at radius 1 is 0.852 bits per heavy atom. The van der Waals surface area contributed by atoms with Gasteiger partial charge in [0.1, 0.15) is 11.5 Å². The molecule has 0 amide bonds. The van der Waals surface area contributed by atoms with Gasteiger partial charge in [0, 0.05) is 12.5 Å². The van der Waals surface area contributed by atoms with Gasteiger partial charge >= 0.3 is 0 Å². The van der Waals surface area contributed by atoms with Crippen molar-refractivity contribution < 1.29 is 17.9 Å². The van der Waals surface area contributed by atoms with Crippen LogP contribution in [-0.4, -0.2) is 22.1 Å². The molecule has 0 unspecified atom stereocenters. The monoisotopic (exact) mass is 383 g/mol. The van der Waals surface area contributed by atoms with Gasteiger partial charge in [0.2, 0.25) is 0 Å². The van der Waals surface area contributed by atoms with Crippen molar-refractivity contribution >= 4 is 15.7 Å². The molecule has 140 valence electrons. The zero-order valence-electron chi connectivity index (χ0n) is 15.0. The van der Waals surface area contributed by atoms with Crippen molar-refractivity contribution in [1.29, 1.82) is 0 Å².